The Kier molecular flexibility index (Phi) is 5.17. The van der Waals surface area contributed by atoms with Gasteiger partial charge in [0, 0.05) is 11.8 Å². The van der Waals surface area contributed by atoms with Crippen LogP contribution in [-0.4, -0.2) is 29.7 Å². The van der Waals surface area contributed by atoms with Crippen LogP contribution < -0.4 is 0 Å². The average molecular weight is 284 g/mol. The molecule has 0 unspecified atom stereocenters. The van der Waals surface area contributed by atoms with Gasteiger partial charge in [-0.25, -0.2) is 4.79 Å². The highest BCUT2D eigenvalue weighted by Gasteiger charge is 2.06. The number of aromatic nitrogens is 2. The molecular weight excluding hydrogens is 268 g/mol. The SMILES string of the molecule is C=C(c1ccccn1)c1cccc(COCC(=O)OC)n1. The van der Waals surface area contributed by atoms with Crippen LogP contribution >= 0.6 is 0 Å². The van der Waals surface area contributed by atoms with Gasteiger partial charge in [-0.1, -0.05) is 18.7 Å². The van der Waals surface area contributed by atoms with Gasteiger partial charge in [0.05, 0.1) is 30.8 Å². The first-order valence-corrected chi connectivity index (χ1v) is 6.42. The van der Waals surface area contributed by atoms with Crippen molar-refractivity contribution in [3.63, 3.8) is 0 Å². The Labute approximate surface area is 123 Å². The third-order valence-corrected chi connectivity index (χ3v) is 2.79. The van der Waals surface area contributed by atoms with Gasteiger partial charge in [0.2, 0.25) is 0 Å². The fourth-order valence-corrected chi connectivity index (χ4v) is 1.70. The highest BCUT2D eigenvalue weighted by Crippen LogP contribution is 2.17. The van der Waals surface area contributed by atoms with Gasteiger partial charge >= 0.3 is 5.97 Å². The highest BCUT2D eigenvalue weighted by atomic mass is 16.6. The number of hydrogen-bond acceptors (Lipinski definition) is 5. The summed E-state index contributed by atoms with van der Waals surface area (Å²) in [4.78, 5) is 19.7. The van der Waals surface area contributed by atoms with Crippen LogP contribution in [0.5, 0.6) is 0 Å². The second-order valence-corrected chi connectivity index (χ2v) is 4.28. The van der Waals surface area contributed by atoms with E-state index in [0.29, 0.717) is 5.69 Å². The largest absolute Gasteiger partial charge is 0.467 e. The van der Waals surface area contributed by atoms with Gasteiger partial charge in [-0.3, -0.25) is 9.97 Å². The first-order chi connectivity index (χ1) is 10.2. The van der Waals surface area contributed by atoms with Crippen molar-refractivity contribution in [1.82, 2.24) is 9.97 Å². The summed E-state index contributed by atoms with van der Waals surface area (Å²) < 4.78 is 9.73. The molecule has 0 aliphatic heterocycles. The van der Waals surface area contributed by atoms with Crippen molar-refractivity contribution in [2.24, 2.45) is 0 Å². The molecule has 0 fully saturated rings. The molecule has 0 spiro atoms. The maximum absolute atomic E-state index is 11.0. The van der Waals surface area contributed by atoms with Gasteiger partial charge in [-0.2, -0.15) is 0 Å². The summed E-state index contributed by atoms with van der Waals surface area (Å²) in [6, 6.07) is 11.2. The first kappa shape index (κ1) is 14.9. The molecule has 0 aromatic carbocycles. The molecule has 2 aromatic heterocycles. The standard InChI is InChI=1S/C16H16N2O3/c1-12(14-7-3-4-9-17-14)15-8-5-6-13(18-15)10-21-11-16(19)20-2/h3-9H,1,10-11H2,2H3. The van der Waals surface area contributed by atoms with Crippen LogP contribution in [0.4, 0.5) is 0 Å². The van der Waals surface area contributed by atoms with E-state index in [1.54, 1.807) is 6.20 Å². The van der Waals surface area contributed by atoms with Crippen molar-refractivity contribution in [2.45, 2.75) is 6.61 Å². The van der Waals surface area contributed by atoms with Crippen molar-refractivity contribution in [1.29, 1.82) is 0 Å². The Morgan fingerprint density at radius 1 is 1.19 bits per heavy atom. The Balaban J connectivity index is 2.04. The molecule has 0 saturated heterocycles. The minimum Gasteiger partial charge on any atom is -0.467 e. The zero-order valence-electron chi connectivity index (χ0n) is 11.8. The van der Waals surface area contributed by atoms with Crippen LogP contribution in [0.1, 0.15) is 17.1 Å². The minimum atomic E-state index is -0.413. The summed E-state index contributed by atoms with van der Waals surface area (Å²) in [5.41, 5.74) is 2.96. The van der Waals surface area contributed by atoms with E-state index in [0.717, 1.165) is 17.0 Å². The molecule has 21 heavy (non-hydrogen) atoms. The van der Waals surface area contributed by atoms with Crippen LogP contribution in [0.15, 0.2) is 49.2 Å². The summed E-state index contributed by atoms with van der Waals surface area (Å²) >= 11 is 0. The molecule has 2 aromatic rings. The molecule has 5 heteroatoms. The lowest BCUT2D eigenvalue weighted by molar-refractivity contribution is -0.146. The van der Waals surface area contributed by atoms with Crippen LogP contribution in [0, 0.1) is 0 Å². The van der Waals surface area contributed by atoms with Crippen molar-refractivity contribution in [2.75, 3.05) is 13.7 Å². The van der Waals surface area contributed by atoms with Gasteiger partial charge < -0.3 is 9.47 Å². The van der Waals surface area contributed by atoms with E-state index < -0.39 is 5.97 Å². The number of nitrogens with zero attached hydrogens (tertiary/aromatic N) is 2. The first-order valence-electron chi connectivity index (χ1n) is 6.42. The smallest absolute Gasteiger partial charge is 0.331 e. The number of carbonyl (C=O) groups is 1. The second kappa shape index (κ2) is 7.31. The molecule has 2 rings (SSSR count). The maximum Gasteiger partial charge on any atom is 0.331 e. The molecule has 0 aliphatic carbocycles. The molecule has 0 saturated carbocycles. The number of methoxy groups -OCH3 is 1. The van der Waals surface area contributed by atoms with Crippen molar-refractivity contribution >= 4 is 11.5 Å². The van der Waals surface area contributed by atoms with Crippen LogP contribution in [-0.2, 0) is 20.9 Å². The lowest BCUT2D eigenvalue weighted by atomic mass is 10.1. The molecule has 0 N–H and O–H groups in total. The van der Waals surface area contributed by atoms with Crippen LogP contribution in [0.2, 0.25) is 0 Å². The fourth-order valence-electron chi connectivity index (χ4n) is 1.70. The predicted octanol–water partition coefficient (Wildman–Crippen LogP) is 2.23. The second-order valence-electron chi connectivity index (χ2n) is 4.28. The number of rotatable bonds is 6. The summed E-state index contributed by atoms with van der Waals surface area (Å²) in [6.07, 6.45) is 1.71. The molecule has 0 aliphatic rings. The summed E-state index contributed by atoms with van der Waals surface area (Å²) in [6.45, 7) is 4.16. The lowest BCUT2D eigenvalue weighted by Gasteiger charge is -2.07. The lowest BCUT2D eigenvalue weighted by Crippen LogP contribution is -2.10. The van der Waals surface area contributed by atoms with Gasteiger partial charge in [0.25, 0.3) is 0 Å². The summed E-state index contributed by atoms with van der Waals surface area (Å²) in [5, 5.41) is 0. The molecule has 0 amide bonds. The van der Waals surface area contributed by atoms with Crippen molar-refractivity contribution < 1.29 is 14.3 Å². The Morgan fingerprint density at radius 3 is 2.71 bits per heavy atom. The number of pyridine rings is 2. The summed E-state index contributed by atoms with van der Waals surface area (Å²) in [5.74, 6) is -0.413. The molecule has 5 nitrogen and oxygen atoms in total. The fraction of sp³-hybridized carbons (Fsp3) is 0.188. The van der Waals surface area contributed by atoms with E-state index in [2.05, 4.69) is 21.3 Å². The minimum absolute atomic E-state index is 0.0937. The maximum atomic E-state index is 11.0. The van der Waals surface area contributed by atoms with E-state index in [1.807, 2.05) is 36.4 Å². The topological polar surface area (TPSA) is 61.3 Å². The van der Waals surface area contributed by atoms with Crippen LogP contribution in [0.3, 0.4) is 0 Å². The van der Waals surface area contributed by atoms with E-state index in [1.165, 1.54) is 7.11 Å². The Bertz CT molecular complexity index is 626. The monoisotopic (exact) mass is 284 g/mol. The normalized spacial score (nSPS) is 10.1. The van der Waals surface area contributed by atoms with E-state index >= 15 is 0 Å². The van der Waals surface area contributed by atoms with E-state index in [4.69, 9.17) is 4.74 Å². The van der Waals surface area contributed by atoms with Gasteiger partial charge in [0.15, 0.2) is 0 Å². The van der Waals surface area contributed by atoms with Gasteiger partial charge in [-0.05, 0) is 24.3 Å². The Hall–Kier alpha value is -2.53. The van der Waals surface area contributed by atoms with Crippen molar-refractivity contribution in [3.8, 4) is 0 Å². The average Bonchev–Trinajstić information content (AvgIpc) is 2.55. The number of ether oxygens (including phenoxy) is 2. The molecule has 108 valence electrons. The van der Waals surface area contributed by atoms with E-state index in [9.17, 15) is 4.79 Å². The van der Waals surface area contributed by atoms with E-state index in [-0.39, 0.29) is 13.2 Å². The zero-order valence-corrected chi connectivity index (χ0v) is 11.8. The third kappa shape index (κ3) is 4.22. The highest BCUT2D eigenvalue weighted by molar-refractivity contribution is 5.73. The number of hydrogen-bond donors (Lipinski definition) is 0. The Morgan fingerprint density at radius 2 is 2.00 bits per heavy atom. The quantitative estimate of drug-likeness (QED) is 0.761. The third-order valence-electron chi connectivity index (χ3n) is 2.79. The van der Waals surface area contributed by atoms with Crippen LogP contribution in [0.25, 0.3) is 5.57 Å². The molecule has 2 heterocycles. The molecule has 0 atom stereocenters. The molecular formula is C16H16N2O3. The predicted molar refractivity (Wildman–Crippen MR) is 78.3 cm³/mol. The van der Waals surface area contributed by atoms with Crippen molar-refractivity contribution in [3.05, 3.63) is 66.3 Å². The van der Waals surface area contributed by atoms with Gasteiger partial charge in [-0.15, -0.1) is 0 Å². The number of esters is 1. The van der Waals surface area contributed by atoms with Gasteiger partial charge in [0.1, 0.15) is 6.61 Å². The molecule has 0 bridgehead atoms. The zero-order chi connectivity index (χ0) is 15.1. The molecule has 0 radical (unpaired) electrons. The number of carbonyl (C=O) groups excluding carboxylic acids is 1. The summed E-state index contributed by atoms with van der Waals surface area (Å²) in [7, 11) is 1.32.